The molecule has 0 saturated carbocycles. The molecule has 0 bridgehead atoms. The Hall–Kier alpha value is -2.69. The van der Waals surface area contributed by atoms with Crippen molar-refractivity contribution in [2.45, 2.75) is 39.2 Å². The van der Waals surface area contributed by atoms with E-state index < -0.39 is 0 Å². The summed E-state index contributed by atoms with van der Waals surface area (Å²) in [6, 6.07) is 12.6. The normalized spacial score (nSPS) is 16.6. The Kier molecular flexibility index (Phi) is 5.51. The predicted octanol–water partition coefficient (Wildman–Crippen LogP) is 4.87. The lowest BCUT2D eigenvalue weighted by molar-refractivity contribution is -0.606. The average molecular weight is 432 g/mol. The van der Waals surface area contributed by atoms with Crippen molar-refractivity contribution in [1.82, 2.24) is 9.88 Å². The molecular formula is C26H26ClN3O. The lowest BCUT2D eigenvalue weighted by atomic mass is 9.88. The molecule has 1 aliphatic carbocycles. The van der Waals surface area contributed by atoms with Crippen molar-refractivity contribution in [2.75, 3.05) is 13.1 Å². The molecule has 4 nitrogen and oxygen atoms in total. The van der Waals surface area contributed by atoms with Gasteiger partial charge >= 0.3 is 0 Å². The quantitative estimate of drug-likeness (QED) is 0.429. The van der Waals surface area contributed by atoms with Gasteiger partial charge in [0.05, 0.1) is 5.69 Å². The number of benzene rings is 1. The van der Waals surface area contributed by atoms with Gasteiger partial charge in [-0.3, -0.25) is 9.88 Å². The molecule has 0 N–H and O–H groups in total. The number of nitrogens with zero attached hydrogens (tertiary/aromatic N) is 3. The topological polar surface area (TPSA) is 43.1 Å². The molecule has 0 radical (unpaired) electrons. The highest BCUT2D eigenvalue weighted by atomic mass is 35.5. The van der Waals surface area contributed by atoms with Crippen LogP contribution in [-0.2, 0) is 19.4 Å². The summed E-state index contributed by atoms with van der Waals surface area (Å²) in [6.45, 7) is 4.75. The molecule has 2 aromatic heterocycles. The van der Waals surface area contributed by atoms with Gasteiger partial charge in [0.25, 0.3) is 0 Å². The van der Waals surface area contributed by atoms with Gasteiger partial charge in [-0.25, -0.2) is 0 Å². The predicted molar refractivity (Wildman–Crippen MR) is 124 cm³/mol. The number of aryl methyl sites for hydroxylation is 3. The molecule has 2 aliphatic rings. The second-order valence-electron chi connectivity index (χ2n) is 8.65. The number of piperidine rings is 1. The Labute approximate surface area is 188 Å². The van der Waals surface area contributed by atoms with E-state index >= 15 is 0 Å². The van der Waals surface area contributed by atoms with E-state index in [1.165, 1.54) is 27.8 Å². The van der Waals surface area contributed by atoms with Gasteiger partial charge in [-0.15, -0.1) is 0 Å². The Bertz CT molecular complexity index is 1140. The fraction of sp³-hybridized carbons (Fsp3) is 0.308. The first-order valence-electron chi connectivity index (χ1n) is 10.9. The zero-order valence-electron chi connectivity index (χ0n) is 17.8. The van der Waals surface area contributed by atoms with Crippen molar-refractivity contribution in [3.63, 3.8) is 0 Å². The zero-order valence-corrected chi connectivity index (χ0v) is 18.5. The van der Waals surface area contributed by atoms with Crippen LogP contribution in [-0.4, -0.2) is 23.0 Å². The van der Waals surface area contributed by atoms with Crippen LogP contribution in [0.5, 0.6) is 0 Å². The second kappa shape index (κ2) is 8.45. The first kappa shape index (κ1) is 20.2. The van der Waals surface area contributed by atoms with Crippen LogP contribution >= 0.6 is 11.6 Å². The van der Waals surface area contributed by atoms with E-state index in [9.17, 15) is 5.21 Å². The van der Waals surface area contributed by atoms with E-state index in [-0.39, 0.29) is 0 Å². The van der Waals surface area contributed by atoms with Crippen molar-refractivity contribution in [1.29, 1.82) is 0 Å². The van der Waals surface area contributed by atoms with Crippen LogP contribution in [0.1, 0.15) is 46.4 Å². The number of pyridine rings is 2. The summed E-state index contributed by atoms with van der Waals surface area (Å²) < 4.78 is 0.915. The minimum atomic E-state index is 0.797. The van der Waals surface area contributed by atoms with Gasteiger partial charge in [0, 0.05) is 47.6 Å². The maximum Gasteiger partial charge on any atom is 0.184 e. The molecule has 1 saturated heterocycles. The smallest absolute Gasteiger partial charge is 0.184 e. The van der Waals surface area contributed by atoms with Crippen molar-refractivity contribution in [2.24, 2.45) is 0 Å². The summed E-state index contributed by atoms with van der Waals surface area (Å²) in [6.07, 6.45) is 9.20. The van der Waals surface area contributed by atoms with E-state index in [2.05, 4.69) is 29.2 Å². The van der Waals surface area contributed by atoms with Crippen LogP contribution in [0.2, 0.25) is 5.02 Å². The first-order chi connectivity index (χ1) is 15.1. The van der Waals surface area contributed by atoms with Crippen LogP contribution < -0.4 is 4.73 Å². The van der Waals surface area contributed by atoms with Crippen LogP contribution in [0.3, 0.4) is 0 Å². The molecule has 1 aromatic carbocycles. The Morgan fingerprint density at radius 3 is 2.65 bits per heavy atom. The maximum absolute atomic E-state index is 11.8. The van der Waals surface area contributed by atoms with Crippen LogP contribution in [0.4, 0.5) is 0 Å². The van der Waals surface area contributed by atoms with E-state index in [4.69, 9.17) is 16.6 Å². The minimum absolute atomic E-state index is 0.797. The second-order valence-corrected chi connectivity index (χ2v) is 9.09. The highest BCUT2D eigenvalue weighted by Gasteiger charge is 2.25. The largest absolute Gasteiger partial charge is 0.619 e. The van der Waals surface area contributed by atoms with Gasteiger partial charge < -0.3 is 5.21 Å². The fourth-order valence-corrected chi connectivity index (χ4v) is 5.17. The Balaban J connectivity index is 1.46. The highest BCUT2D eigenvalue weighted by Crippen LogP contribution is 2.38. The molecule has 3 heterocycles. The van der Waals surface area contributed by atoms with Gasteiger partial charge in [-0.05, 0) is 73.6 Å². The number of fused-ring (bicyclic) bond motifs is 2. The number of rotatable bonds is 2. The molecule has 1 aliphatic heterocycles. The third kappa shape index (κ3) is 4.23. The molecule has 5 rings (SSSR count). The van der Waals surface area contributed by atoms with E-state index in [1.54, 1.807) is 12.4 Å². The van der Waals surface area contributed by atoms with Gasteiger partial charge in [0.15, 0.2) is 12.4 Å². The van der Waals surface area contributed by atoms with Crippen molar-refractivity contribution >= 4 is 17.2 Å². The first-order valence-corrected chi connectivity index (χ1v) is 11.3. The molecule has 158 valence electrons. The molecule has 31 heavy (non-hydrogen) atoms. The summed E-state index contributed by atoms with van der Waals surface area (Å²) >= 11 is 6.33. The van der Waals surface area contributed by atoms with Crippen LogP contribution in [0.25, 0.3) is 5.57 Å². The monoisotopic (exact) mass is 431 g/mol. The maximum atomic E-state index is 11.8. The lowest BCUT2D eigenvalue weighted by Crippen LogP contribution is -2.32. The standard InChI is InChI=1S/C26H26ClN3O/c1-18-13-19(17-30(31)15-18)16-29-11-8-20(9-12-29)25-24-7-6-23(27)14-22(24)5-4-21-3-2-10-28-26(21)25/h2-3,6-7,10,13-15,17H,4-5,8-9,11-12,16H2,1H3. The van der Waals surface area contributed by atoms with Gasteiger partial charge in [0.2, 0.25) is 0 Å². The van der Waals surface area contributed by atoms with Crippen molar-refractivity contribution in [3.05, 3.63) is 104 Å². The summed E-state index contributed by atoms with van der Waals surface area (Å²) in [7, 11) is 0. The summed E-state index contributed by atoms with van der Waals surface area (Å²) in [5, 5.41) is 12.6. The minimum Gasteiger partial charge on any atom is -0.619 e. The van der Waals surface area contributed by atoms with E-state index in [0.29, 0.717) is 0 Å². The van der Waals surface area contributed by atoms with Gasteiger partial charge in [0.1, 0.15) is 0 Å². The third-order valence-corrected chi connectivity index (χ3v) is 6.62. The summed E-state index contributed by atoms with van der Waals surface area (Å²) in [5.74, 6) is 0. The molecule has 3 aromatic rings. The van der Waals surface area contributed by atoms with Gasteiger partial charge in [-0.2, -0.15) is 4.73 Å². The van der Waals surface area contributed by atoms with E-state index in [0.717, 1.165) is 71.9 Å². The third-order valence-electron chi connectivity index (χ3n) is 6.38. The summed E-state index contributed by atoms with van der Waals surface area (Å²) in [4.78, 5) is 7.26. The number of aromatic nitrogens is 2. The lowest BCUT2D eigenvalue weighted by Gasteiger charge is -2.30. The molecule has 0 amide bonds. The van der Waals surface area contributed by atoms with Crippen LogP contribution in [0, 0.1) is 12.1 Å². The Morgan fingerprint density at radius 2 is 1.84 bits per heavy atom. The number of likely N-dealkylation sites (tertiary alicyclic amines) is 1. The number of halogens is 1. The SMILES string of the molecule is Cc1cc(CN2CCC(=C3c4ccc(Cl)cc4CCc4cccnc43)CC2)c[n+]([O-])c1. The number of hydrogen-bond acceptors (Lipinski definition) is 3. The molecule has 1 fully saturated rings. The molecular weight excluding hydrogens is 406 g/mol. The van der Waals surface area contributed by atoms with Gasteiger partial charge in [-0.1, -0.05) is 29.3 Å². The molecule has 5 heteroatoms. The fourth-order valence-electron chi connectivity index (χ4n) is 4.98. The molecule has 0 spiro atoms. The van der Waals surface area contributed by atoms with Crippen molar-refractivity contribution < 1.29 is 4.73 Å². The van der Waals surface area contributed by atoms with Crippen LogP contribution in [0.15, 0.2) is 60.6 Å². The molecule has 0 unspecified atom stereocenters. The Morgan fingerprint density at radius 1 is 1.03 bits per heavy atom. The van der Waals surface area contributed by atoms with E-state index in [1.807, 2.05) is 25.3 Å². The number of hydrogen-bond donors (Lipinski definition) is 0. The van der Waals surface area contributed by atoms with Crippen molar-refractivity contribution in [3.8, 4) is 0 Å². The summed E-state index contributed by atoms with van der Waals surface area (Å²) in [5.41, 5.74) is 9.93. The zero-order chi connectivity index (χ0) is 21.4. The average Bonchev–Trinajstić information content (AvgIpc) is 2.90. The molecule has 0 atom stereocenters. The highest BCUT2D eigenvalue weighted by molar-refractivity contribution is 6.30.